The normalized spacial score (nSPS) is 13.6. The Morgan fingerprint density at radius 3 is 2.74 bits per heavy atom. The van der Waals surface area contributed by atoms with Gasteiger partial charge in [0.1, 0.15) is 23.9 Å². The highest BCUT2D eigenvalue weighted by atomic mass is 35.5. The zero-order valence-corrected chi connectivity index (χ0v) is 11.2. The predicted molar refractivity (Wildman–Crippen MR) is 70.9 cm³/mol. The van der Waals surface area contributed by atoms with Gasteiger partial charge in [-0.25, -0.2) is 0 Å². The number of rotatable bonds is 5. The first kappa shape index (κ1) is 15.5. The number of nitrogens with one attached hydrogen (secondary N) is 1. The molecule has 7 heteroatoms. The second-order valence-electron chi connectivity index (χ2n) is 3.80. The average Bonchev–Trinajstić information content (AvgIpc) is 2.83. The maximum Gasteiger partial charge on any atom is 0.387 e. The van der Waals surface area contributed by atoms with E-state index >= 15 is 0 Å². The Balaban J connectivity index is 0.00000180. The number of ether oxygens (including phenoxy) is 2. The molecule has 1 aromatic carbocycles. The van der Waals surface area contributed by atoms with E-state index in [9.17, 15) is 8.78 Å². The molecule has 0 aliphatic carbocycles. The van der Waals surface area contributed by atoms with Gasteiger partial charge >= 0.3 is 6.61 Å². The van der Waals surface area contributed by atoms with Crippen molar-refractivity contribution in [3.05, 3.63) is 23.8 Å². The van der Waals surface area contributed by atoms with Crippen LogP contribution in [0.2, 0.25) is 0 Å². The highest BCUT2D eigenvalue weighted by molar-refractivity contribution is 5.85. The van der Waals surface area contributed by atoms with E-state index in [2.05, 4.69) is 15.0 Å². The number of alkyl halides is 2. The van der Waals surface area contributed by atoms with Gasteiger partial charge in [0, 0.05) is 12.1 Å². The molecular weight excluding hydrogens is 278 g/mol. The summed E-state index contributed by atoms with van der Waals surface area (Å²) >= 11 is 0. The van der Waals surface area contributed by atoms with Gasteiger partial charge in [0.25, 0.3) is 0 Å². The molecule has 2 rings (SSSR count). The zero-order valence-electron chi connectivity index (χ0n) is 10.4. The molecule has 1 aliphatic rings. The molecule has 0 spiro atoms. The Bertz CT molecular complexity index is 455. The smallest absolute Gasteiger partial charge is 0.387 e. The molecule has 19 heavy (non-hydrogen) atoms. The Morgan fingerprint density at radius 2 is 2.11 bits per heavy atom. The van der Waals surface area contributed by atoms with Gasteiger partial charge in [0.2, 0.25) is 0 Å². The van der Waals surface area contributed by atoms with E-state index in [1.807, 2.05) is 0 Å². The van der Waals surface area contributed by atoms with Gasteiger partial charge in [-0.1, -0.05) is 6.07 Å². The molecule has 0 atom stereocenters. The first-order valence-corrected chi connectivity index (χ1v) is 5.61. The van der Waals surface area contributed by atoms with E-state index in [1.165, 1.54) is 6.07 Å². The first-order valence-electron chi connectivity index (χ1n) is 5.61. The maximum absolute atomic E-state index is 12.2. The van der Waals surface area contributed by atoms with Crippen molar-refractivity contribution in [3.8, 4) is 11.5 Å². The van der Waals surface area contributed by atoms with Crippen LogP contribution in [0.15, 0.2) is 23.2 Å². The quantitative estimate of drug-likeness (QED) is 0.906. The van der Waals surface area contributed by atoms with Crippen LogP contribution in [0.5, 0.6) is 11.5 Å². The molecule has 0 amide bonds. The summed E-state index contributed by atoms with van der Waals surface area (Å²) in [6.07, 6.45) is 0. The Kier molecular flexibility index (Phi) is 5.82. The Labute approximate surface area is 116 Å². The van der Waals surface area contributed by atoms with Crippen molar-refractivity contribution in [2.24, 2.45) is 4.99 Å². The molecule has 0 fully saturated rings. The fraction of sp³-hybridized carbons (Fsp3) is 0.417. The summed E-state index contributed by atoms with van der Waals surface area (Å²) in [6, 6.07) is 4.81. The number of amidine groups is 1. The second kappa shape index (κ2) is 7.13. The number of benzene rings is 1. The lowest BCUT2D eigenvalue weighted by molar-refractivity contribution is -0.0503. The number of halogens is 3. The molecule has 1 N–H and O–H groups in total. The molecule has 0 bridgehead atoms. The van der Waals surface area contributed by atoms with Crippen molar-refractivity contribution in [2.75, 3.05) is 19.7 Å². The van der Waals surface area contributed by atoms with Crippen molar-refractivity contribution in [1.29, 1.82) is 0 Å². The summed E-state index contributed by atoms with van der Waals surface area (Å²) in [6.45, 7) is 0.703. The van der Waals surface area contributed by atoms with E-state index in [-0.39, 0.29) is 18.2 Å². The average molecular weight is 293 g/mol. The monoisotopic (exact) mass is 292 g/mol. The van der Waals surface area contributed by atoms with Gasteiger partial charge in [-0.3, -0.25) is 4.99 Å². The summed E-state index contributed by atoms with van der Waals surface area (Å²) < 4.78 is 34.3. The van der Waals surface area contributed by atoms with E-state index in [1.54, 1.807) is 19.1 Å². The molecule has 0 aromatic heterocycles. The predicted octanol–water partition coefficient (Wildman–Crippen LogP) is 2.40. The van der Waals surface area contributed by atoms with Gasteiger partial charge in [-0.05, 0) is 19.1 Å². The summed E-state index contributed by atoms with van der Waals surface area (Å²) in [5, 5.41) is 3.07. The van der Waals surface area contributed by atoms with Crippen LogP contribution in [0.1, 0.15) is 5.56 Å². The van der Waals surface area contributed by atoms with Crippen molar-refractivity contribution < 1.29 is 18.3 Å². The molecule has 1 heterocycles. The minimum absolute atomic E-state index is 0. The van der Waals surface area contributed by atoms with Crippen molar-refractivity contribution >= 4 is 18.2 Å². The largest absolute Gasteiger partial charge is 0.485 e. The minimum atomic E-state index is -2.83. The number of hydrogen-bond acceptors (Lipinski definition) is 4. The van der Waals surface area contributed by atoms with Crippen LogP contribution in [0, 0.1) is 6.92 Å². The summed E-state index contributed by atoms with van der Waals surface area (Å²) in [7, 11) is 0. The van der Waals surface area contributed by atoms with Gasteiger partial charge in [-0.15, -0.1) is 12.4 Å². The van der Waals surface area contributed by atoms with Crippen LogP contribution in [0.3, 0.4) is 0 Å². The number of hydrogen-bond donors (Lipinski definition) is 1. The third-order valence-electron chi connectivity index (χ3n) is 2.56. The van der Waals surface area contributed by atoms with E-state index in [4.69, 9.17) is 4.74 Å². The molecule has 1 aromatic rings. The summed E-state index contributed by atoms with van der Waals surface area (Å²) in [4.78, 5) is 4.18. The van der Waals surface area contributed by atoms with Crippen LogP contribution in [-0.2, 0) is 0 Å². The molecule has 4 nitrogen and oxygen atoms in total. The lowest BCUT2D eigenvalue weighted by Crippen LogP contribution is -2.25. The third kappa shape index (κ3) is 4.24. The fourth-order valence-corrected chi connectivity index (χ4v) is 1.66. The molecule has 1 aliphatic heterocycles. The van der Waals surface area contributed by atoms with Crippen molar-refractivity contribution in [3.63, 3.8) is 0 Å². The van der Waals surface area contributed by atoms with Crippen LogP contribution in [0.4, 0.5) is 8.78 Å². The second-order valence-corrected chi connectivity index (χ2v) is 3.80. The van der Waals surface area contributed by atoms with Crippen molar-refractivity contribution in [1.82, 2.24) is 5.32 Å². The maximum atomic E-state index is 12.2. The van der Waals surface area contributed by atoms with E-state index < -0.39 is 6.61 Å². The van der Waals surface area contributed by atoms with Crippen LogP contribution >= 0.6 is 12.4 Å². The van der Waals surface area contributed by atoms with Gasteiger partial charge < -0.3 is 14.8 Å². The molecule has 0 radical (unpaired) electrons. The minimum Gasteiger partial charge on any atom is -0.485 e. The lowest BCUT2D eigenvalue weighted by atomic mass is 10.2. The molecule has 106 valence electrons. The molecule has 0 saturated carbocycles. The highest BCUT2D eigenvalue weighted by Gasteiger charge is 2.12. The molecule has 0 unspecified atom stereocenters. The third-order valence-corrected chi connectivity index (χ3v) is 2.56. The molecular formula is C12H15ClF2N2O2. The summed E-state index contributed by atoms with van der Waals surface area (Å²) in [5.74, 6) is 1.42. The Hall–Kier alpha value is -1.56. The summed E-state index contributed by atoms with van der Waals surface area (Å²) in [5.41, 5.74) is 0.552. The standard InChI is InChI=1S/C12H14F2N2O2.ClH/c1-8-9(17-7-11-15-5-6-16-11)3-2-4-10(8)18-12(13)14;/h2-4,12H,5-7H2,1H3,(H,15,16);1H. The van der Waals surface area contributed by atoms with E-state index in [0.717, 1.165) is 18.9 Å². The first-order chi connectivity index (χ1) is 8.66. The lowest BCUT2D eigenvalue weighted by Gasteiger charge is -2.13. The van der Waals surface area contributed by atoms with Crippen LogP contribution < -0.4 is 14.8 Å². The van der Waals surface area contributed by atoms with Crippen LogP contribution in [-0.4, -0.2) is 32.1 Å². The highest BCUT2D eigenvalue weighted by Crippen LogP contribution is 2.28. The van der Waals surface area contributed by atoms with Crippen LogP contribution in [0.25, 0.3) is 0 Å². The zero-order chi connectivity index (χ0) is 13.0. The van der Waals surface area contributed by atoms with Gasteiger partial charge in [0.15, 0.2) is 0 Å². The van der Waals surface area contributed by atoms with Gasteiger partial charge in [-0.2, -0.15) is 8.78 Å². The fourth-order valence-electron chi connectivity index (χ4n) is 1.66. The SMILES string of the molecule is Cc1c(OCC2=NCCN2)cccc1OC(F)F.Cl. The number of nitrogens with zero attached hydrogens (tertiary/aromatic N) is 1. The van der Waals surface area contributed by atoms with E-state index in [0.29, 0.717) is 17.9 Å². The van der Waals surface area contributed by atoms with Crippen molar-refractivity contribution in [2.45, 2.75) is 13.5 Å². The topological polar surface area (TPSA) is 42.8 Å². The Morgan fingerprint density at radius 1 is 1.37 bits per heavy atom. The van der Waals surface area contributed by atoms with Gasteiger partial charge in [0.05, 0.1) is 6.54 Å². The number of aliphatic imine (C=N–C) groups is 1. The molecule has 0 saturated heterocycles.